The van der Waals surface area contributed by atoms with Crippen molar-refractivity contribution >= 4 is 16.6 Å². The number of aromatic nitrogens is 2. The van der Waals surface area contributed by atoms with Gasteiger partial charge in [0.25, 0.3) is 0 Å². The molecule has 0 bridgehead atoms. The number of nitroso groups, excluding NO2 is 1. The van der Waals surface area contributed by atoms with Crippen LogP contribution in [0.3, 0.4) is 0 Å². The molecule has 2 aromatic heterocycles. The van der Waals surface area contributed by atoms with E-state index in [2.05, 4.69) is 15.1 Å². The first-order valence-electron chi connectivity index (χ1n) is 3.91. The van der Waals surface area contributed by atoms with Crippen LogP contribution in [0, 0.1) is 11.8 Å². The van der Waals surface area contributed by atoms with Crippen molar-refractivity contribution in [2.24, 2.45) is 5.18 Å². The Morgan fingerprint density at radius 1 is 1.46 bits per heavy atom. The third kappa shape index (κ3) is 1.26. The smallest absolute Gasteiger partial charge is 0.176 e. The van der Waals surface area contributed by atoms with Crippen LogP contribution in [-0.2, 0) is 0 Å². The van der Waals surface area contributed by atoms with Crippen LogP contribution in [0.2, 0.25) is 0 Å². The van der Waals surface area contributed by atoms with Gasteiger partial charge in [0, 0.05) is 5.56 Å². The summed E-state index contributed by atoms with van der Waals surface area (Å²) in [7, 11) is 0. The summed E-state index contributed by atoms with van der Waals surface area (Å²) in [5.74, 6) is 0. The Balaban J connectivity index is 2.79. The summed E-state index contributed by atoms with van der Waals surface area (Å²) in [4.78, 5) is 17.3. The van der Waals surface area contributed by atoms with Gasteiger partial charge in [0.2, 0.25) is 0 Å². The van der Waals surface area contributed by atoms with Gasteiger partial charge in [-0.15, -0.1) is 4.91 Å². The lowest BCUT2D eigenvalue weighted by Gasteiger charge is -1.95. The molecular weight excluding hydrogens is 166 g/mol. The fourth-order valence-corrected chi connectivity index (χ4v) is 1.28. The van der Waals surface area contributed by atoms with Crippen LogP contribution >= 0.6 is 0 Å². The van der Waals surface area contributed by atoms with Crippen molar-refractivity contribution in [2.75, 3.05) is 0 Å². The number of aromatic amines is 1. The molecule has 0 saturated heterocycles. The number of nitrogens with one attached hydrogen (secondary N) is 1. The first-order chi connectivity index (χ1) is 6.31. The zero-order valence-electron chi connectivity index (χ0n) is 7.11. The Labute approximate surface area is 74.6 Å². The molecule has 0 radical (unpaired) electrons. The minimum absolute atomic E-state index is 0.353. The Kier molecular flexibility index (Phi) is 1.73. The molecule has 1 N–H and O–H groups in total. The number of fused-ring (bicyclic) bond motifs is 1. The molecule has 0 aliphatic heterocycles. The summed E-state index contributed by atoms with van der Waals surface area (Å²) in [6.45, 7) is 1.96. The van der Waals surface area contributed by atoms with Gasteiger partial charge in [0.05, 0.1) is 17.1 Å². The minimum atomic E-state index is 0.353. The van der Waals surface area contributed by atoms with E-state index >= 15 is 0 Å². The minimum Gasteiger partial charge on any atom is -0.253 e. The van der Waals surface area contributed by atoms with E-state index in [0.717, 1.165) is 16.5 Å². The van der Waals surface area contributed by atoms with Crippen LogP contribution in [0.5, 0.6) is 0 Å². The van der Waals surface area contributed by atoms with Crippen molar-refractivity contribution in [3.8, 4) is 0 Å². The first kappa shape index (κ1) is 7.79. The van der Waals surface area contributed by atoms with E-state index < -0.39 is 0 Å². The van der Waals surface area contributed by atoms with Crippen LogP contribution < -0.4 is 4.98 Å². The first-order valence-corrected chi connectivity index (χ1v) is 3.91. The van der Waals surface area contributed by atoms with Gasteiger partial charge in [-0.1, -0.05) is 0 Å². The average Bonchev–Trinajstić information content (AvgIpc) is 2.18. The number of aryl methyl sites for hydroxylation is 1. The maximum absolute atomic E-state index is 10.2. The van der Waals surface area contributed by atoms with Gasteiger partial charge in [-0.2, -0.15) is 0 Å². The van der Waals surface area contributed by atoms with Crippen molar-refractivity contribution in [2.45, 2.75) is 6.92 Å². The van der Waals surface area contributed by atoms with Crippen LogP contribution in [0.1, 0.15) is 5.56 Å². The second-order valence-electron chi connectivity index (χ2n) is 2.86. The molecule has 0 atom stereocenters. The molecule has 0 fully saturated rings. The van der Waals surface area contributed by atoms with Gasteiger partial charge >= 0.3 is 0 Å². The number of nitrogens with zero attached hydrogens (tertiary/aromatic N) is 2. The number of hydrogen-bond acceptors (Lipinski definition) is 3. The normalized spacial score (nSPS) is 10.2. The van der Waals surface area contributed by atoms with Crippen LogP contribution in [0.25, 0.3) is 10.9 Å². The van der Waals surface area contributed by atoms with Crippen LogP contribution in [0.15, 0.2) is 29.8 Å². The van der Waals surface area contributed by atoms with Gasteiger partial charge in [-0.05, 0) is 18.2 Å². The molecule has 0 aliphatic rings. The summed E-state index contributed by atoms with van der Waals surface area (Å²) in [5, 5.41) is 3.72. The van der Waals surface area contributed by atoms with E-state index in [1.807, 2.05) is 13.1 Å². The fourth-order valence-electron chi connectivity index (χ4n) is 1.28. The Hall–Kier alpha value is -1.84. The van der Waals surface area contributed by atoms with E-state index in [1.54, 1.807) is 12.3 Å². The van der Waals surface area contributed by atoms with Gasteiger partial charge in [-0.3, -0.25) is 4.98 Å². The molecule has 0 unspecified atom stereocenters. The van der Waals surface area contributed by atoms with E-state index in [4.69, 9.17) is 0 Å². The second-order valence-corrected chi connectivity index (χ2v) is 2.86. The third-order valence-corrected chi connectivity index (χ3v) is 1.92. The van der Waals surface area contributed by atoms with E-state index in [1.165, 1.54) is 6.20 Å². The highest BCUT2D eigenvalue weighted by Gasteiger charge is 2.03. The summed E-state index contributed by atoms with van der Waals surface area (Å²) in [5.41, 5.74) is 2.30. The molecule has 0 spiro atoms. The molecule has 0 amide bonds. The summed E-state index contributed by atoms with van der Waals surface area (Å²) < 4.78 is 0. The van der Waals surface area contributed by atoms with Crippen LogP contribution in [0.4, 0.5) is 5.69 Å². The largest absolute Gasteiger partial charge is 0.253 e. The molecule has 4 nitrogen and oxygen atoms in total. The van der Waals surface area contributed by atoms with Gasteiger partial charge in [0.15, 0.2) is 12.4 Å². The van der Waals surface area contributed by atoms with Crippen LogP contribution in [-0.4, -0.2) is 4.98 Å². The Morgan fingerprint density at radius 3 is 3.08 bits per heavy atom. The number of H-pyrrole nitrogens is 1. The van der Waals surface area contributed by atoms with Crippen molar-refractivity contribution in [3.05, 3.63) is 35.1 Å². The highest BCUT2D eigenvalue weighted by Crippen LogP contribution is 2.18. The van der Waals surface area contributed by atoms with E-state index in [-0.39, 0.29) is 0 Å². The molecule has 2 rings (SSSR count). The van der Waals surface area contributed by atoms with Crippen molar-refractivity contribution in [1.82, 2.24) is 4.98 Å². The molecule has 2 aromatic rings. The molecule has 0 aliphatic carbocycles. The van der Waals surface area contributed by atoms with Gasteiger partial charge in [-0.25, -0.2) is 4.98 Å². The molecule has 0 saturated carbocycles. The number of pyridine rings is 2. The second kappa shape index (κ2) is 2.90. The quantitative estimate of drug-likeness (QED) is 0.618. The molecule has 64 valence electrons. The molecular formula is C9H8N3O+. The molecule has 0 aromatic carbocycles. The highest BCUT2D eigenvalue weighted by atomic mass is 16.3. The van der Waals surface area contributed by atoms with Crippen molar-refractivity contribution in [1.29, 1.82) is 0 Å². The lowest BCUT2D eigenvalue weighted by molar-refractivity contribution is -0.376. The monoisotopic (exact) mass is 174 g/mol. The van der Waals surface area contributed by atoms with Crippen molar-refractivity contribution < 1.29 is 4.98 Å². The lowest BCUT2D eigenvalue weighted by Crippen LogP contribution is -2.01. The lowest BCUT2D eigenvalue weighted by atomic mass is 10.2. The zero-order chi connectivity index (χ0) is 9.26. The number of hydrogen-bond donors (Lipinski definition) is 0. The molecule has 4 heteroatoms. The fraction of sp³-hybridized carbons (Fsp3) is 0.111. The average molecular weight is 174 g/mol. The summed E-state index contributed by atoms with van der Waals surface area (Å²) in [6.07, 6.45) is 5.13. The third-order valence-electron chi connectivity index (χ3n) is 1.92. The Morgan fingerprint density at radius 2 is 2.31 bits per heavy atom. The molecule has 13 heavy (non-hydrogen) atoms. The zero-order valence-corrected chi connectivity index (χ0v) is 7.11. The standard InChI is InChI=1S/C9H7N3O/c1-6-3-10-4-7-2-8(12-13)5-11-9(6)7/h2-5H,1H3/p+1. The van der Waals surface area contributed by atoms with Gasteiger partial charge in [0.1, 0.15) is 5.69 Å². The SMILES string of the molecule is Cc1c[nH+]cc2cc(N=O)cnc12. The van der Waals surface area contributed by atoms with E-state index in [9.17, 15) is 4.91 Å². The Bertz CT molecular complexity index is 467. The van der Waals surface area contributed by atoms with Gasteiger partial charge < -0.3 is 0 Å². The topological polar surface area (TPSA) is 56.5 Å². The number of rotatable bonds is 1. The summed E-state index contributed by atoms with van der Waals surface area (Å²) in [6, 6.07) is 1.71. The maximum atomic E-state index is 10.2. The maximum Gasteiger partial charge on any atom is 0.176 e. The summed E-state index contributed by atoms with van der Waals surface area (Å²) >= 11 is 0. The van der Waals surface area contributed by atoms with Crippen molar-refractivity contribution in [3.63, 3.8) is 0 Å². The van der Waals surface area contributed by atoms with E-state index in [0.29, 0.717) is 5.69 Å². The highest BCUT2D eigenvalue weighted by molar-refractivity contribution is 5.81. The molecule has 2 heterocycles. The predicted molar refractivity (Wildman–Crippen MR) is 48.5 cm³/mol. The predicted octanol–water partition coefficient (Wildman–Crippen LogP) is 1.76.